The van der Waals surface area contributed by atoms with Crippen LogP contribution in [0.15, 0.2) is 0 Å². The summed E-state index contributed by atoms with van der Waals surface area (Å²) in [5, 5.41) is 19.4. The Kier molecular flexibility index (Phi) is 3.78. The second-order valence-electron chi connectivity index (χ2n) is 4.27. The lowest BCUT2D eigenvalue weighted by atomic mass is 9.97. The van der Waals surface area contributed by atoms with Crippen LogP contribution in [0.1, 0.15) is 19.8 Å². The van der Waals surface area contributed by atoms with Gasteiger partial charge in [0.2, 0.25) is 0 Å². The zero-order chi connectivity index (χ0) is 11.7. The van der Waals surface area contributed by atoms with Crippen molar-refractivity contribution < 1.29 is 24.4 Å². The fourth-order valence-corrected chi connectivity index (χ4v) is 2.07. The van der Waals surface area contributed by atoms with E-state index in [2.05, 4.69) is 0 Å². The third kappa shape index (κ3) is 2.22. The summed E-state index contributed by atoms with van der Waals surface area (Å²) in [4.78, 5) is 0. The minimum Gasteiger partial charge on any atom is -0.387 e. The number of rotatable bonds is 2. The number of ether oxygens (including phenoxy) is 3. The van der Waals surface area contributed by atoms with Crippen LogP contribution in [0, 0.1) is 0 Å². The third-order valence-electron chi connectivity index (χ3n) is 3.00. The SMILES string of the molecule is CCCC1OC[C@H]2O[C@@H](N)[C@H](O)[C@@H](O)[C@@H]2O1. The Bertz CT molecular complexity index is 237. The second kappa shape index (κ2) is 4.95. The molecule has 0 aliphatic carbocycles. The average Bonchev–Trinajstić information content (AvgIpc) is 2.28. The highest BCUT2D eigenvalue weighted by Crippen LogP contribution is 2.27. The molecule has 4 N–H and O–H groups in total. The highest BCUT2D eigenvalue weighted by Gasteiger charge is 2.47. The van der Waals surface area contributed by atoms with Crippen LogP contribution < -0.4 is 5.73 Å². The first-order chi connectivity index (χ1) is 7.63. The van der Waals surface area contributed by atoms with Gasteiger partial charge in [0.25, 0.3) is 0 Å². The van der Waals surface area contributed by atoms with Crippen LogP contribution in [0.4, 0.5) is 0 Å². The highest BCUT2D eigenvalue weighted by atomic mass is 16.7. The standard InChI is InChI=1S/C10H19NO5/c1-2-3-6-14-4-5-9(16-6)7(12)8(13)10(11)15-5/h5-10,12-13H,2-4,11H2,1H3/t5-,6?,7-,8-,9-,10-/m1/s1. The van der Waals surface area contributed by atoms with Crippen LogP contribution in [-0.2, 0) is 14.2 Å². The Labute approximate surface area is 94.3 Å². The summed E-state index contributed by atoms with van der Waals surface area (Å²) in [5.41, 5.74) is 5.53. The molecule has 16 heavy (non-hydrogen) atoms. The second-order valence-corrected chi connectivity index (χ2v) is 4.27. The van der Waals surface area contributed by atoms with Gasteiger partial charge in [-0.2, -0.15) is 0 Å². The van der Waals surface area contributed by atoms with E-state index in [0.29, 0.717) is 6.61 Å². The maximum Gasteiger partial charge on any atom is 0.158 e. The summed E-state index contributed by atoms with van der Waals surface area (Å²) < 4.78 is 16.3. The van der Waals surface area contributed by atoms with Crippen LogP contribution in [0.3, 0.4) is 0 Å². The van der Waals surface area contributed by atoms with E-state index < -0.39 is 30.6 Å². The third-order valence-corrected chi connectivity index (χ3v) is 3.00. The van der Waals surface area contributed by atoms with Crippen molar-refractivity contribution in [2.75, 3.05) is 6.61 Å². The van der Waals surface area contributed by atoms with Crippen LogP contribution >= 0.6 is 0 Å². The number of nitrogens with two attached hydrogens (primary N) is 1. The van der Waals surface area contributed by atoms with Gasteiger partial charge in [-0.05, 0) is 6.42 Å². The summed E-state index contributed by atoms with van der Waals surface area (Å²) in [6, 6.07) is 0. The molecular weight excluding hydrogens is 214 g/mol. The minimum absolute atomic E-state index is 0.328. The lowest BCUT2D eigenvalue weighted by Gasteiger charge is -2.45. The van der Waals surface area contributed by atoms with Gasteiger partial charge in [0.05, 0.1) is 6.61 Å². The molecule has 0 aromatic carbocycles. The smallest absolute Gasteiger partial charge is 0.158 e. The van der Waals surface area contributed by atoms with E-state index in [9.17, 15) is 10.2 Å². The predicted octanol–water partition coefficient (Wildman–Crippen LogP) is -1.07. The zero-order valence-electron chi connectivity index (χ0n) is 9.28. The lowest BCUT2D eigenvalue weighted by molar-refractivity contribution is -0.325. The maximum absolute atomic E-state index is 9.84. The zero-order valence-corrected chi connectivity index (χ0v) is 9.28. The molecule has 0 amide bonds. The quantitative estimate of drug-likeness (QED) is 0.562. The fraction of sp³-hybridized carbons (Fsp3) is 1.00. The Morgan fingerprint density at radius 1 is 1.25 bits per heavy atom. The molecule has 0 spiro atoms. The van der Waals surface area contributed by atoms with Crippen molar-refractivity contribution in [3.63, 3.8) is 0 Å². The van der Waals surface area contributed by atoms with E-state index in [1.165, 1.54) is 0 Å². The summed E-state index contributed by atoms with van der Waals surface area (Å²) >= 11 is 0. The van der Waals surface area contributed by atoms with E-state index in [-0.39, 0.29) is 6.29 Å². The van der Waals surface area contributed by atoms with Crippen molar-refractivity contribution in [1.82, 2.24) is 0 Å². The van der Waals surface area contributed by atoms with E-state index in [1.54, 1.807) is 0 Å². The molecule has 2 saturated heterocycles. The molecule has 1 unspecified atom stereocenters. The van der Waals surface area contributed by atoms with Gasteiger partial charge < -0.3 is 30.2 Å². The Hall–Kier alpha value is -0.240. The van der Waals surface area contributed by atoms with Gasteiger partial charge in [-0.1, -0.05) is 13.3 Å². The number of aliphatic hydroxyl groups excluding tert-OH is 2. The van der Waals surface area contributed by atoms with Crippen molar-refractivity contribution >= 4 is 0 Å². The van der Waals surface area contributed by atoms with Gasteiger partial charge in [0.1, 0.15) is 30.6 Å². The highest BCUT2D eigenvalue weighted by molar-refractivity contribution is 4.92. The van der Waals surface area contributed by atoms with Crippen molar-refractivity contribution in [1.29, 1.82) is 0 Å². The van der Waals surface area contributed by atoms with Gasteiger partial charge in [-0.25, -0.2) is 0 Å². The number of hydrogen-bond donors (Lipinski definition) is 3. The molecule has 0 saturated carbocycles. The number of hydrogen-bond acceptors (Lipinski definition) is 6. The molecule has 0 radical (unpaired) electrons. The van der Waals surface area contributed by atoms with E-state index in [0.717, 1.165) is 12.8 Å². The Balaban J connectivity index is 2.00. The first kappa shape index (κ1) is 12.2. The lowest BCUT2D eigenvalue weighted by Crippen LogP contribution is -2.64. The van der Waals surface area contributed by atoms with Crippen LogP contribution in [-0.4, -0.2) is 53.8 Å². The fourth-order valence-electron chi connectivity index (χ4n) is 2.07. The van der Waals surface area contributed by atoms with Gasteiger partial charge in [0, 0.05) is 0 Å². The molecule has 6 heteroatoms. The van der Waals surface area contributed by atoms with Gasteiger partial charge >= 0.3 is 0 Å². The van der Waals surface area contributed by atoms with Crippen LogP contribution in [0.25, 0.3) is 0 Å². The topological polar surface area (TPSA) is 94.2 Å². The van der Waals surface area contributed by atoms with Crippen molar-refractivity contribution in [3.8, 4) is 0 Å². The summed E-state index contributed by atoms with van der Waals surface area (Å²) in [5.74, 6) is 0. The molecule has 2 heterocycles. The van der Waals surface area contributed by atoms with Gasteiger partial charge in [0.15, 0.2) is 6.29 Å². The molecule has 94 valence electrons. The van der Waals surface area contributed by atoms with Crippen molar-refractivity contribution in [2.24, 2.45) is 5.73 Å². The van der Waals surface area contributed by atoms with Gasteiger partial charge in [-0.15, -0.1) is 0 Å². The van der Waals surface area contributed by atoms with Crippen molar-refractivity contribution in [2.45, 2.75) is 56.7 Å². The first-order valence-electron chi connectivity index (χ1n) is 5.67. The molecule has 0 aromatic heterocycles. The molecule has 2 rings (SSSR count). The number of fused-ring (bicyclic) bond motifs is 1. The van der Waals surface area contributed by atoms with Gasteiger partial charge in [-0.3, -0.25) is 0 Å². The summed E-state index contributed by atoms with van der Waals surface area (Å²) in [7, 11) is 0. The van der Waals surface area contributed by atoms with E-state index in [1.807, 2.05) is 6.92 Å². The molecule has 0 bridgehead atoms. The molecule has 0 aromatic rings. The Morgan fingerprint density at radius 2 is 2.00 bits per heavy atom. The van der Waals surface area contributed by atoms with E-state index >= 15 is 0 Å². The summed E-state index contributed by atoms with van der Waals surface area (Å²) in [6.45, 7) is 2.37. The molecule has 2 aliphatic heterocycles. The van der Waals surface area contributed by atoms with Crippen molar-refractivity contribution in [3.05, 3.63) is 0 Å². The normalized spacial score (nSPS) is 48.8. The predicted molar refractivity (Wildman–Crippen MR) is 54.4 cm³/mol. The van der Waals surface area contributed by atoms with Crippen LogP contribution in [0.5, 0.6) is 0 Å². The maximum atomic E-state index is 9.84. The molecular formula is C10H19NO5. The first-order valence-corrected chi connectivity index (χ1v) is 5.67. The number of aliphatic hydroxyl groups is 2. The van der Waals surface area contributed by atoms with Crippen LogP contribution in [0.2, 0.25) is 0 Å². The molecule has 2 aliphatic rings. The minimum atomic E-state index is -1.11. The summed E-state index contributed by atoms with van der Waals surface area (Å²) in [6.07, 6.45) is -2.60. The molecule has 6 atom stereocenters. The monoisotopic (exact) mass is 233 g/mol. The van der Waals surface area contributed by atoms with E-state index in [4.69, 9.17) is 19.9 Å². The molecule has 2 fully saturated rings. The Morgan fingerprint density at radius 3 is 2.69 bits per heavy atom. The average molecular weight is 233 g/mol. The molecule has 6 nitrogen and oxygen atoms in total. The largest absolute Gasteiger partial charge is 0.387 e.